The fourth-order valence-corrected chi connectivity index (χ4v) is 5.68. The quantitative estimate of drug-likeness (QED) is 0.0653. The molecule has 8 heteroatoms. The van der Waals surface area contributed by atoms with E-state index in [9.17, 15) is 19.5 Å². The highest BCUT2D eigenvalue weighted by atomic mass is 32.1. The molecule has 238 valence electrons. The summed E-state index contributed by atoms with van der Waals surface area (Å²) in [6.45, 7) is 1.45. The van der Waals surface area contributed by atoms with Crippen molar-refractivity contribution in [1.82, 2.24) is 4.90 Å². The number of nitrogens with zero attached hydrogens (tertiary/aromatic N) is 1. The highest BCUT2D eigenvalue weighted by molar-refractivity contribution is 7.08. The molecule has 7 nitrogen and oxygen atoms in total. The molecule has 0 aliphatic carbocycles. The lowest BCUT2D eigenvalue weighted by atomic mass is 10.00. The minimum atomic E-state index is -1.02. The number of carboxylic acid groups (broad SMARTS) is 1. The van der Waals surface area contributed by atoms with E-state index in [2.05, 4.69) is 5.32 Å². The van der Waals surface area contributed by atoms with Gasteiger partial charge in [-0.2, -0.15) is 11.3 Å². The van der Waals surface area contributed by atoms with E-state index in [-0.39, 0.29) is 18.1 Å². The number of para-hydroxylation sites is 1. The Balaban J connectivity index is 1.15. The third-order valence-electron chi connectivity index (χ3n) is 7.53. The molecule has 5 rings (SSSR count). The molecule has 1 unspecified atom stereocenters. The Bertz CT molecular complexity index is 1770. The molecule has 1 atom stereocenters. The van der Waals surface area contributed by atoms with Gasteiger partial charge in [0.2, 0.25) is 5.91 Å². The monoisotopic (exact) mass is 644 g/mol. The molecule has 0 saturated carbocycles. The normalized spacial score (nSPS) is 11.6. The number of carbonyl (C=O) groups is 3. The summed E-state index contributed by atoms with van der Waals surface area (Å²) >= 11 is 1.59. The van der Waals surface area contributed by atoms with Gasteiger partial charge in [-0.15, -0.1) is 0 Å². The summed E-state index contributed by atoms with van der Waals surface area (Å²) in [6, 6.07) is 34.1. The minimum Gasteiger partial charge on any atom is -0.494 e. The molecule has 4 aromatic carbocycles. The largest absolute Gasteiger partial charge is 0.494 e. The number of anilines is 1. The topological polar surface area (TPSA) is 95.9 Å². The van der Waals surface area contributed by atoms with Crippen LogP contribution in [-0.2, 0) is 22.6 Å². The minimum absolute atomic E-state index is 0.0574. The maximum atomic E-state index is 13.1. The molecule has 0 saturated heterocycles. The Kier molecular flexibility index (Phi) is 11.7. The van der Waals surface area contributed by atoms with Gasteiger partial charge in [-0.05, 0) is 70.3 Å². The summed E-state index contributed by atoms with van der Waals surface area (Å²) in [6.07, 6.45) is 4.30. The Morgan fingerprint density at radius 3 is 2.23 bits per heavy atom. The van der Waals surface area contributed by atoms with Crippen molar-refractivity contribution in [3.05, 3.63) is 160 Å². The average Bonchev–Trinajstić information content (AvgIpc) is 3.63. The standard InChI is InChI=1S/C39H36N2O5S/c42-37(21-18-31-22-25-47-28-31)41(27-30-10-3-1-4-11-30)23-9-24-46-33-19-16-29(17-20-33)26-36(39(44)45)40-35-15-8-7-14-34(35)38(43)32-12-5-2-6-13-32/h1-8,10-22,25,28,36,40H,9,23-24,26-27H2,(H,44,45). The van der Waals surface area contributed by atoms with Crippen molar-refractivity contribution in [1.29, 1.82) is 0 Å². The molecule has 47 heavy (non-hydrogen) atoms. The summed E-state index contributed by atoms with van der Waals surface area (Å²) in [7, 11) is 0. The number of nitrogens with one attached hydrogen (secondary N) is 1. The van der Waals surface area contributed by atoms with Crippen molar-refractivity contribution in [3.63, 3.8) is 0 Å². The second-order valence-corrected chi connectivity index (χ2v) is 11.7. The van der Waals surface area contributed by atoms with E-state index in [0.29, 0.717) is 48.7 Å². The van der Waals surface area contributed by atoms with Crippen LogP contribution in [0.4, 0.5) is 5.69 Å². The van der Waals surface area contributed by atoms with Crippen LogP contribution >= 0.6 is 11.3 Å². The van der Waals surface area contributed by atoms with Crippen LogP contribution in [-0.4, -0.2) is 46.9 Å². The molecular formula is C39H36N2O5S. The molecule has 0 aliphatic heterocycles. The van der Waals surface area contributed by atoms with E-state index in [0.717, 1.165) is 16.7 Å². The number of aliphatic carboxylic acids is 1. The molecule has 0 aliphatic rings. The Hall–Kier alpha value is -5.47. The molecule has 0 bridgehead atoms. The van der Waals surface area contributed by atoms with Gasteiger partial charge < -0.3 is 20.1 Å². The maximum absolute atomic E-state index is 13.1. The first-order valence-electron chi connectivity index (χ1n) is 15.4. The number of carbonyl (C=O) groups excluding carboxylic acids is 2. The predicted molar refractivity (Wildman–Crippen MR) is 187 cm³/mol. The zero-order chi connectivity index (χ0) is 32.8. The summed E-state index contributed by atoms with van der Waals surface area (Å²) in [5.41, 5.74) is 4.28. The first-order valence-corrected chi connectivity index (χ1v) is 16.3. The molecule has 0 radical (unpaired) electrons. The number of benzene rings is 4. The number of thiophene rings is 1. The van der Waals surface area contributed by atoms with Crippen molar-refractivity contribution in [2.45, 2.75) is 25.4 Å². The zero-order valence-corrected chi connectivity index (χ0v) is 26.6. The van der Waals surface area contributed by atoms with Crippen LogP contribution in [0.5, 0.6) is 5.75 Å². The fraction of sp³-hybridized carbons (Fsp3) is 0.154. The lowest BCUT2D eigenvalue weighted by molar-refractivity contribution is -0.137. The fourth-order valence-electron chi connectivity index (χ4n) is 5.06. The number of ketones is 1. The molecule has 0 spiro atoms. The van der Waals surface area contributed by atoms with Gasteiger partial charge in [0.15, 0.2) is 5.78 Å². The lowest BCUT2D eigenvalue weighted by Crippen LogP contribution is -2.32. The SMILES string of the molecule is O=C(c1ccccc1)c1ccccc1NC(Cc1ccc(OCCCN(Cc2ccccc2)C(=O)C=Cc2ccsc2)cc1)C(=O)O. The van der Waals surface area contributed by atoms with Gasteiger partial charge in [-0.25, -0.2) is 4.79 Å². The van der Waals surface area contributed by atoms with Crippen LogP contribution in [0.15, 0.2) is 132 Å². The van der Waals surface area contributed by atoms with Crippen LogP contribution < -0.4 is 10.1 Å². The Morgan fingerprint density at radius 1 is 0.830 bits per heavy atom. The summed E-state index contributed by atoms with van der Waals surface area (Å²) in [5.74, 6) is -0.600. The van der Waals surface area contributed by atoms with Crippen LogP contribution in [0, 0.1) is 0 Å². The van der Waals surface area contributed by atoms with Crippen molar-refractivity contribution >= 4 is 40.8 Å². The number of hydrogen-bond donors (Lipinski definition) is 2. The van der Waals surface area contributed by atoms with E-state index < -0.39 is 12.0 Å². The molecule has 2 N–H and O–H groups in total. The van der Waals surface area contributed by atoms with E-state index >= 15 is 0 Å². The van der Waals surface area contributed by atoms with Crippen LogP contribution in [0.1, 0.15) is 39.0 Å². The zero-order valence-electron chi connectivity index (χ0n) is 25.8. The Morgan fingerprint density at radius 2 is 1.53 bits per heavy atom. The van der Waals surface area contributed by atoms with Gasteiger partial charge in [0.1, 0.15) is 11.8 Å². The highest BCUT2D eigenvalue weighted by Crippen LogP contribution is 2.22. The van der Waals surface area contributed by atoms with E-state index in [1.165, 1.54) is 0 Å². The number of hydrogen-bond acceptors (Lipinski definition) is 6. The molecule has 0 fully saturated rings. The summed E-state index contributed by atoms with van der Waals surface area (Å²) < 4.78 is 5.97. The van der Waals surface area contributed by atoms with Gasteiger partial charge in [0.05, 0.1) is 6.61 Å². The molecule has 1 heterocycles. The van der Waals surface area contributed by atoms with Crippen molar-refractivity contribution < 1.29 is 24.2 Å². The lowest BCUT2D eigenvalue weighted by Gasteiger charge is -2.21. The highest BCUT2D eigenvalue weighted by Gasteiger charge is 2.21. The number of amides is 1. The van der Waals surface area contributed by atoms with E-state index in [4.69, 9.17) is 4.74 Å². The smallest absolute Gasteiger partial charge is 0.326 e. The van der Waals surface area contributed by atoms with Gasteiger partial charge in [0.25, 0.3) is 0 Å². The molecule has 1 amide bonds. The van der Waals surface area contributed by atoms with E-state index in [1.807, 2.05) is 88.5 Å². The van der Waals surface area contributed by atoms with Gasteiger partial charge in [-0.1, -0.05) is 84.9 Å². The third kappa shape index (κ3) is 9.76. The first kappa shape index (κ1) is 32.9. The first-order chi connectivity index (χ1) is 23.0. The van der Waals surface area contributed by atoms with Crippen molar-refractivity contribution in [2.75, 3.05) is 18.5 Å². The maximum Gasteiger partial charge on any atom is 0.326 e. The van der Waals surface area contributed by atoms with Crippen molar-refractivity contribution in [2.24, 2.45) is 0 Å². The molecular weight excluding hydrogens is 609 g/mol. The summed E-state index contributed by atoms with van der Waals surface area (Å²) in [5, 5.41) is 17.0. The average molecular weight is 645 g/mol. The number of ether oxygens (including phenoxy) is 1. The molecule has 5 aromatic rings. The van der Waals surface area contributed by atoms with Crippen LogP contribution in [0.25, 0.3) is 6.08 Å². The van der Waals surface area contributed by atoms with Crippen molar-refractivity contribution in [3.8, 4) is 5.75 Å². The predicted octanol–water partition coefficient (Wildman–Crippen LogP) is 7.60. The van der Waals surface area contributed by atoms with Gasteiger partial charge in [-0.3, -0.25) is 9.59 Å². The van der Waals surface area contributed by atoms with Crippen LogP contribution in [0.2, 0.25) is 0 Å². The molecule has 1 aromatic heterocycles. The second-order valence-electron chi connectivity index (χ2n) is 11.0. The van der Waals surface area contributed by atoms with Gasteiger partial charge >= 0.3 is 5.97 Å². The number of rotatable bonds is 16. The number of carboxylic acids is 1. The van der Waals surface area contributed by atoms with Gasteiger partial charge in [0, 0.05) is 42.4 Å². The van der Waals surface area contributed by atoms with Crippen LogP contribution in [0.3, 0.4) is 0 Å². The summed E-state index contributed by atoms with van der Waals surface area (Å²) in [4.78, 5) is 40.2. The second kappa shape index (κ2) is 16.7. The Labute approximate surface area is 278 Å². The third-order valence-corrected chi connectivity index (χ3v) is 8.23. The van der Waals surface area contributed by atoms with E-state index in [1.54, 1.807) is 65.9 Å².